The minimum atomic E-state index is -0.859. The number of nitrogens with two attached hydrogens (primary N) is 1. The molecule has 0 saturated carbocycles. The topological polar surface area (TPSA) is 133 Å². The van der Waals surface area contributed by atoms with E-state index in [4.69, 9.17) is 5.73 Å². The van der Waals surface area contributed by atoms with Gasteiger partial charge in [0.1, 0.15) is 11.3 Å². The number of benzene rings is 2. The number of aromatic amines is 1. The van der Waals surface area contributed by atoms with E-state index in [1.165, 1.54) is 48.1 Å². The number of ether oxygens (including phenoxy) is 1. The molecule has 0 spiro atoms. The van der Waals surface area contributed by atoms with Gasteiger partial charge >= 0.3 is 11.7 Å². The molecule has 0 atom stereocenters. The van der Waals surface area contributed by atoms with E-state index in [0.29, 0.717) is 16.8 Å². The van der Waals surface area contributed by atoms with Crippen molar-refractivity contribution < 1.29 is 18.7 Å². The number of fused-ring (bicyclic) bond motifs is 1. The summed E-state index contributed by atoms with van der Waals surface area (Å²) in [6.07, 6.45) is 0. The number of carbonyl (C=O) groups is 2. The molecular weight excluding hydrogens is 393 g/mol. The summed E-state index contributed by atoms with van der Waals surface area (Å²) in [5, 5.41) is 0. The molecule has 0 radical (unpaired) electrons. The predicted octanol–water partition coefficient (Wildman–Crippen LogP) is 1.80. The van der Waals surface area contributed by atoms with E-state index < -0.39 is 23.4 Å². The lowest BCUT2D eigenvalue weighted by molar-refractivity contribution is 0.0600. The molecule has 0 aliphatic rings. The second-order valence-corrected chi connectivity index (χ2v) is 6.27. The normalized spacial score (nSPS) is 10.9. The minimum Gasteiger partial charge on any atom is -0.465 e. The fourth-order valence-electron chi connectivity index (χ4n) is 3.00. The molecule has 4 rings (SSSR count). The number of nitrogens with one attached hydrogen (secondary N) is 1. The van der Waals surface area contributed by atoms with Gasteiger partial charge in [0.15, 0.2) is 17.2 Å². The number of hydrogen-bond acceptors (Lipinski definition) is 6. The summed E-state index contributed by atoms with van der Waals surface area (Å²) in [6.45, 7) is 0. The van der Waals surface area contributed by atoms with Crippen LogP contribution < -0.4 is 11.4 Å². The van der Waals surface area contributed by atoms with Crippen molar-refractivity contribution in [2.75, 3.05) is 7.11 Å². The summed E-state index contributed by atoms with van der Waals surface area (Å²) in [5.41, 5.74) is 5.99. The Morgan fingerprint density at radius 1 is 1.07 bits per heavy atom. The molecule has 4 aromatic rings. The predicted molar refractivity (Wildman–Crippen MR) is 105 cm³/mol. The first-order valence-corrected chi connectivity index (χ1v) is 8.66. The van der Waals surface area contributed by atoms with E-state index in [1.807, 2.05) is 0 Å². The molecule has 0 aliphatic heterocycles. The van der Waals surface area contributed by atoms with Crippen LogP contribution in [0.25, 0.3) is 28.2 Å². The van der Waals surface area contributed by atoms with Crippen LogP contribution in [0.5, 0.6) is 0 Å². The lowest BCUT2D eigenvalue weighted by Crippen LogP contribution is -2.15. The Kier molecular flexibility index (Phi) is 4.59. The molecule has 10 heteroatoms. The third kappa shape index (κ3) is 3.20. The van der Waals surface area contributed by atoms with E-state index in [-0.39, 0.29) is 22.7 Å². The van der Waals surface area contributed by atoms with Gasteiger partial charge in [0.2, 0.25) is 0 Å². The lowest BCUT2D eigenvalue weighted by atomic mass is 10.1. The van der Waals surface area contributed by atoms with Crippen LogP contribution >= 0.6 is 0 Å². The molecule has 0 saturated heterocycles. The summed E-state index contributed by atoms with van der Waals surface area (Å²) < 4.78 is 19.2. The fourth-order valence-corrected chi connectivity index (χ4v) is 3.00. The molecule has 2 aromatic heterocycles. The van der Waals surface area contributed by atoms with E-state index in [1.54, 1.807) is 12.1 Å². The van der Waals surface area contributed by atoms with Crippen LogP contribution in [0, 0.1) is 5.82 Å². The van der Waals surface area contributed by atoms with Crippen molar-refractivity contribution in [3.63, 3.8) is 0 Å². The number of hydrogen-bond donors (Lipinski definition) is 2. The number of rotatable bonds is 4. The third-order valence-corrected chi connectivity index (χ3v) is 4.42. The van der Waals surface area contributed by atoms with Gasteiger partial charge in [-0.3, -0.25) is 4.79 Å². The Hall–Kier alpha value is -4.34. The van der Waals surface area contributed by atoms with Crippen LogP contribution in [0.2, 0.25) is 0 Å². The van der Waals surface area contributed by atoms with Gasteiger partial charge in [-0.2, -0.15) is 0 Å². The number of aromatic nitrogens is 4. The highest BCUT2D eigenvalue weighted by molar-refractivity contribution is 6.02. The van der Waals surface area contributed by atoms with Gasteiger partial charge in [-0.05, 0) is 36.4 Å². The SMILES string of the molecule is COC(=O)c1ccc(-c2nc(C(N)=O)c3[nH]c(=O)n(-c4ccc(F)cc4)c3n2)cc1. The number of H-pyrrole nitrogens is 1. The number of imidazole rings is 1. The molecule has 30 heavy (non-hydrogen) atoms. The molecule has 2 aromatic carbocycles. The molecule has 0 unspecified atom stereocenters. The van der Waals surface area contributed by atoms with Crippen LogP contribution in [0.15, 0.2) is 53.3 Å². The van der Waals surface area contributed by atoms with Crippen molar-refractivity contribution in [1.29, 1.82) is 0 Å². The van der Waals surface area contributed by atoms with Gasteiger partial charge in [-0.1, -0.05) is 12.1 Å². The van der Waals surface area contributed by atoms with Crippen LogP contribution in [0.1, 0.15) is 20.8 Å². The summed E-state index contributed by atoms with van der Waals surface area (Å²) in [5.74, 6) is -1.72. The highest BCUT2D eigenvalue weighted by Crippen LogP contribution is 2.22. The van der Waals surface area contributed by atoms with E-state index in [9.17, 15) is 18.8 Å². The van der Waals surface area contributed by atoms with Gasteiger partial charge < -0.3 is 15.5 Å². The Labute approximate surface area is 168 Å². The van der Waals surface area contributed by atoms with Crippen molar-refractivity contribution in [3.05, 3.63) is 76.1 Å². The van der Waals surface area contributed by atoms with Crippen molar-refractivity contribution in [3.8, 4) is 17.1 Å². The Morgan fingerprint density at radius 3 is 2.33 bits per heavy atom. The van der Waals surface area contributed by atoms with Crippen molar-refractivity contribution >= 4 is 23.0 Å². The second-order valence-electron chi connectivity index (χ2n) is 6.27. The fraction of sp³-hybridized carbons (Fsp3) is 0.0500. The Morgan fingerprint density at radius 2 is 1.73 bits per heavy atom. The number of nitrogens with zero attached hydrogens (tertiary/aromatic N) is 3. The number of halogens is 1. The van der Waals surface area contributed by atoms with Crippen molar-refractivity contribution in [2.45, 2.75) is 0 Å². The van der Waals surface area contributed by atoms with Crippen LogP contribution in [0.4, 0.5) is 4.39 Å². The quantitative estimate of drug-likeness (QED) is 0.496. The second kappa shape index (κ2) is 7.24. The highest BCUT2D eigenvalue weighted by Gasteiger charge is 2.20. The molecule has 150 valence electrons. The van der Waals surface area contributed by atoms with Gasteiger partial charge in [-0.15, -0.1) is 0 Å². The largest absolute Gasteiger partial charge is 0.465 e. The van der Waals surface area contributed by atoms with Gasteiger partial charge in [0.05, 0.1) is 18.4 Å². The first kappa shape index (κ1) is 19.0. The maximum Gasteiger partial charge on any atom is 0.337 e. The zero-order valence-corrected chi connectivity index (χ0v) is 15.5. The number of methoxy groups -OCH3 is 1. The van der Waals surface area contributed by atoms with Crippen LogP contribution in [0.3, 0.4) is 0 Å². The molecular formula is C20H14FN5O4. The van der Waals surface area contributed by atoms with Crippen molar-refractivity contribution in [1.82, 2.24) is 19.5 Å². The van der Waals surface area contributed by atoms with E-state index in [0.717, 1.165) is 0 Å². The average Bonchev–Trinajstić information content (AvgIpc) is 3.08. The molecule has 0 bridgehead atoms. The molecule has 3 N–H and O–H groups in total. The van der Waals surface area contributed by atoms with Gasteiger partial charge in [0, 0.05) is 5.56 Å². The Balaban J connectivity index is 1.95. The summed E-state index contributed by atoms with van der Waals surface area (Å²) in [6, 6.07) is 11.4. The van der Waals surface area contributed by atoms with Crippen LogP contribution in [-0.4, -0.2) is 38.5 Å². The smallest absolute Gasteiger partial charge is 0.337 e. The lowest BCUT2D eigenvalue weighted by Gasteiger charge is -2.07. The first-order valence-electron chi connectivity index (χ1n) is 8.66. The van der Waals surface area contributed by atoms with Gasteiger partial charge in [0.25, 0.3) is 5.91 Å². The number of carbonyl (C=O) groups excluding carboxylic acids is 2. The zero-order chi connectivity index (χ0) is 21.4. The minimum absolute atomic E-state index is 0.0618. The van der Waals surface area contributed by atoms with E-state index >= 15 is 0 Å². The van der Waals surface area contributed by atoms with Gasteiger partial charge in [-0.25, -0.2) is 28.5 Å². The molecule has 2 heterocycles. The van der Waals surface area contributed by atoms with Crippen molar-refractivity contribution in [2.24, 2.45) is 5.73 Å². The monoisotopic (exact) mass is 407 g/mol. The zero-order valence-electron chi connectivity index (χ0n) is 15.5. The first-order chi connectivity index (χ1) is 14.4. The molecule has 9 nitrogen and oxygen atoms in total. The number of esters is 1. The standard InChI is InChI=1S/C20H14FN5O4/c1-30-19(28)11-4-2-10(3-5-11)17-23-14(16(22)27)15-18(25-17)26(20(29)24-15)13-8-6-12(21)7-9-13/h2-9H,1H3,(H2,22,27)(H,24,29). The average molecular weight is 407 g/mol. The van der Waals surface area contributed by atoms with E-state index in [2.05, 4.69) is 19.7 Å². The maximum atomic E-state index is 13.3. The maximum absolute atomic E-state index is 13.3. The molecule has 1 amide bonds. The molecule has 0 fully saturated rings. The molecule has 0 aliphatic carbocycles. The Bertz CT molecular complexity index is 1340. The number of primary amides is 1. The third-order valence-electron chi connectivity index (χ3n) is 4.42. The summed E-state index contributed by atoms with van der Waals surface area (Å²) in [4.78, 5) is 47.3. The highest BCUT2D eigenvalue weighted by atomic mass is 19.1. The van der Waals surface area contributed by atoms with Crippen LogP contribution in [-0.2, 0) is 4.74 Å². The summed E-state index contributed by atoms with van der Waals surface area (Å²) in [7, 11) is 1.27. The summed E-state index contributed by atoms with van der Waals surface area (Å²) >= 11 is 0. The number of amides is 1.